The fourth-order valence-corrected chi connectivity index (χ4v) is 2.18. The standard InChI is InChI=1S/C17H15F2NO6/c1-10(11-4-3-5-13(8-11)20(22)23)25-16(21)12-6-7-14(26-17(18)19)15(9-12)24-2/h3-10,17H,1-2H3/t10-/m0/s1. The quantitative estimate of drug-likeness (QED) is 0.415. The van der Waals surface area contributed by atoms with E-state index in [0.29, 0.717) is 5.56 Å². The number of ether oxygens (including phenoxy) is 3. The Kier molecular flexibility index (Phi) is 6.05. The number of alkyl halides is 2. The number of methoxy groups -OCH3 is 1. The number of non-ortho nitro benzene ring substituents is 1. The average Bonchev–Trinajstić information content (AvgIpc) is 2.61. The first-order chi connectivity index (χ1) is 12.3. The van der Waals surface area contributed by atoms with Gasteiger partial charge in [-0.1, -0.05) is 12.1 Å². The van der Waals surface area contributed by atoms with Crippen LogP contribution in [-0.2, 0) is 4.74 Å². The Balaban J connectivity index is 2.16. The highest BCUT2D eigenvalue weighted by molar-refractivity contribution is 5.90. The largest absolute Gasteiger partial charge is 0.493 e. The molecule has 9 heteroatoms. The molecule has 0 aliphatic heterocycles. The predicted octanol–water partition coefficient (Wildman–Crippen LogP) is 4.12. The van der Waals surface area contributed by atoms with Gasteiger partial charge in [-0.25, -0.2) is 4.79 Å². The molecule has 0 aliphatic carbocycles. The number of carbonyl (C=O) groups is 1. The summed E-state index contributed by atoms with van der Waals surface area (Å²) in [5, 5.41) is 10.8. The zero-order valence-corrected chi connectivity index (χ0v) is 13.8. The van der Waals surface area contributed by atoms with Gasteiger partial charge in [0.05, 0.1) is 17.6 Å². The fourth-order valence-electron chi connectivity index (χ4n) is 2.18. The van der Waals surface area contributed by atoms with Gasteiger partial charge in [0.2, 0.25) is 0 Å². The lowest BCUT2D eigenvalue weighted by atomic mass is 10.1. The second-order valence-corrected chi connectivity index (χ2v) is 5.14. The molecule has 0 aliphatic rings. The van der Waals surface area contributed by atoms with E-state index in [9.17, 15) is 23.7 Å². The highest BCUT2D eigenvalue weighted by Crippen LogP contribution is 2.30. The van der Waals surface area contributed by atoms with Crippen molar-refractivity contribution in [3.05, 3.63) is 63.7 Å². The SMILES string of the molecule is COc1cc(C(=O)O[C@@H](C)c2cccc([N+](=O)[O-])c2)ccc1OC(F)F. The minimum absolute atomic E-state index is 0.0530. The van der Waals surface area contributed by atoms with Crippen molar-refractivity contribution < 1.29 is 32.7 Å². The van der Waals surface area contributed by atoms with Crippen LogP contribution in [0.15, 0.2) is 42.5 Å². The fraction of sp³-hybridized carbons (Fsp3) is 0.235. The number of nitrogens with zero attached hydrogens (tertiary/aromatic N) is 1. The van der Waals surface area contributed by atoms with E-state index in [0.717, 1.165) is 0 Å². The topological polar surface area (TPSA) is 87.9 Å². The summed E-state index contributed by atoms with van der Waals surface area (Å²) in [5.74, 6) is -1.01. The molecule has 0 aromatic heterocycles. The smallest absolute Gasteiger partial charge is 0.387 e. The van der Waals surface area contributed by atoms with Gasteiger partial charge in [-0.2, -0.15) is 8.78 Å². The monoisotopic (exact) mass is 367 g/mol. The van der Waals surface area contributed by atoms with Crippen molar-refractivity contribution in [3.63, 3.8) is 0 Å². The van der Waals surface area contributed by atoms with Crippen LogP contribution in [0, 0.1) is 10.1 Å². The zero-order valence-electron chi connectivity index (χ0n) is 13.8. The van der Waals surface area contributed by atoms with E-state index < -0.39 is 23.6 Å². The first-order valence-electron chi connectivity index (χ1n) is 7.40. The Bertz CT molecular complexity index is 812. The van der Waals surface area contributed by atoms with Gasteiger partial charge in [0.25, 0.3) is 5.69 Å². The van der Waals surface area contributed by atoms with E-state index >= 15 is 0 Å². The minimum atomic E-state index is -3.03. The number of nitro groups is 1. The van der Waals surface area contributed by atoms with Crippen molar-refractivity contribution in [2.24, 2.45) is 0 Å². The number of carbonyl (C=O) groups excluding carboxylic acids is 1. The summed E-state index contributed by atoms with van der Waals surface area (Å²) in [6.45, 7) is -1.47. The number of hydrogen-bond donors (Lipinski definition) is 0. The van der Waals surface area contributed by atoms with Gasteiger partial charge in [-0.05, 0) is 30.7 Å². The van der Waals surface area contributed by atoms with E-state index in [-0.39, 0.29) is 22.7 Å². The summed E-state index contributed by atoms with van der Waals surface area (Å²) in [7, 11) is 1.24. The van der Waals surface area contributed by atoms with Crippen LogP contribution in [-0.4, -0.2) is 24.6 Å². The summed E-state index contributed by atoms with van der Waals surface area (Å²) in [5.41, 5.74) is 0.374. The van der Waals surface area contributed by atoms with Crippen molar-refractivity contribution in [2.75, 3.05) is 7.11 Å². The highest BCUT2D eigenvalue weighted by atomic mass is 19.3. The van der Waals surface area contributed by atoms with Crippen molar-refractivity contribution >= 4 is 11.7 Å². The third-order valence-corrected chi connectivity index (χ3v) is 3.45. The van der Waals surface area contributed by atoms with Gasteiger partial charge in [-0.15, -0.1) is 0 Å². The summed E-state index contributed by atoms with van der Waals surface area (Å²) in [4.78, 5) is 22.5. The first-order valence-corrected chi connectivity index (χ1v) is 7.40. The van der Waals surface area contributed by atoms with Crippen LogP contribution in [0.3, 0.4) is 0 Å². The third-order valence-electron chi connectivity index (χ3n) is 3.45. The van der Waals surface area contributed by atoms with Crippen molar-refractivity contribution in [3.8, 4) is 11.5 Å². The van der Waals surface area contributed by atoms with Crippen molar-refractivity contribution in [1.29, 1.82) is 0 Å². The Morgan fingerprint density at radius 1 is 1.15 bits per heavy atom. The summed E-state index contributed by atoms with van der Waals surface area (Å²) in [6, 6.07) is 9.33. The summed E-state index contributed by atoms with van der Waals surface area (Å²) >= 11 is 0. The minimum Gasteiger partial charge on any atom is -0.493 e. The van der Waals surface area contributed by atoms with Crippen LogP contribution in [0.2, 0.25) is 0 Å². The molecule has 7 nitrogen and oxygen atoms in total. The molecule has 2 aromatic rings. The van der Waals surface area contributed by atoms with Gasteiger partial charge in [0, 0.05) is 12.1 Å². The molecule has 0 bridgehead atoms. The van der Waals surface area contributed by atoms with Crippen LogP contribution >= 0.6 is 0 Å². The lowest BCUT2D eigenvalue weighted by molar-refractivity contribution is -0.385. The molecule has 0 unspecified atom stereocenters. The molecule has 0 saturated heterocycles. The van der Waals surface area contributed by atoms with Crippen LogP contribution < -0.4 is 9.47 Å². The molecule has 2 aromatic carbocycles. The molecule has 138 valence electrons. The van der Waals surface area contributed by atoms with Gasteiger partial charge in [-0.3, -0.25) is 10.1 Å². The normalized spacial score (nSPS) is 11.7. The molecule has 26 heavy (non-hydrogen) atoms. The average molecular weight is 367 g/mol. The van der Waals surface area contributed by atoms with Gasteiger partial charge in [0.1, 0.15) is 6.10 Å². The maximum atomic E-state index is 12.3. The number of nitro benzene ring substituents is 1. The molecule has 0 saturated carbocycles. The van der Waals surface area contributed by atoms with Crippen LogP contribution in [0.25, 0.3) is 0 Å². The van der Waals surface area contributed by atoms with Crippen LogP contribution in [0.1, 0.15) is 28.9 Å². The molecule has 0 fully saturated rings. The molecule has 0 radical (unpaired) electrons. The Hall–Kier alpha value is -3.23. The van der Waals surface area contributed by atoms with Crippen molar-refractivity contribution in [1.82, 2.24) is 0 Å². The second-order valence-electron chi connectivity index (χ2n) is 5.14. The third kappa shape index (κ3) is 4.65. The van der Waals surface area contributed by atoms with Crippen LogP contribution in [0.5, 0.6) is 11.5 Å². The molecule has 0 spiro atoms. The summed E-state index contributed by atoms with van der Waals surface area (Å²) in [6.07, 6.45) is -0.759. The molecular weight excluding hydrogens is 352 g/mol. The molecular formula is C17H15F2NO6. The molecule has 0 amide bonds. The summed E-state index contributed by atoms with van der Waals surface area (Å²) < 4.78 is 39.1. The predicted molar refractivity (Wildman–Crippen MR) is 86.6 cm³/mol. The van der Waals surface area contributed by atoms with Crippen LogP contribution in [0.4, 0.5) is 14.5 Å². The number of hydrogen-bond acceptors (Lipinski definition) is 6. The van der Waals surface area contributed by atoms with Crippen molar-refractivity contribution in [2.45, 2.75) is 19.6 Å². The lowest BCUT2D eigenvalue weighted by Crippen LogP contribution is -2.10. The number of esters is 1. The Morgan fingerprint density at radius 2 is 1.88 bits per heavy atom. The van der Waals surface area contributed by atoms with E-state index in [1.807, 2.05) is 0 Å². The maximum absolute atomic E-state index is 12.3. The number of halogens is 2. The van der Waals surface area contributed by atoms with E-state index in [1.165, 1.54) is 43.5 Å². The van der Waals surface area contributed by atoms with E-state index in [1.54, 1.807) is 13.0 Å². The van der Waals surface area contributed by atoms with E-state index in [2.05, 4.69) is 4.74 Å². The van der Waals surface area contributed by atoms with Gasteiger partial charge in [0.15, 0.2) is 11.5 Å². The Morgan fingerprint density at radius 3 is 2.50 bits per heavy atom. The number of rotatable bonds is 7. The first kappa shape index (κ1) is 19.1. The zero-order chi connectivity index (χ0) is 19.3. The molecule has 0 heterocycles. The maximum Gasteiger partial charge on any atom is 0.387 e. The lowest BCUT2D eigenvalue weighted by Gasteiger charge is -2.15. The van der Waals surface area contributed by atoms with Gasteiger partial charge >= 0.3 is 12.6 Å². The van der Waals surface area contributed by atoms with Gasteiger partial charge < -0.3 is 14.2 Å². The number of benzene rings is 2. The molecule has 1 atom stereocenters. The van der Waals surface area contributed by atoms with E-state index in [4.69, 9.17) is 9.47 Å². The highest BCUT2D eigenvalue weighted by Gasteiger charge is 2.19. The molecule has 2 rings (SSSR count). The second kappa shape index (κ2) is 8.24. The Labute approximate surface area is 147 Å². The molecule has 0 N–H and O–H groups in total.